The van der Waals surface area contributed by atoms with Crippen molar-refractivity contribution < 1.29 is 0 Å². The first-order valence-corrected chi connectivity index (χ1v) is 8.77. The third kappa shape index (κ3) is 2.86. The fourth-order valence-corrected chi connectivity index (χ4v) is 3.64. The van der Waals surface area contributed by atoms with Gasteiger partial charge >= 0.3 is 0 Å². The van der Waals surface area contributed by atoms with E-state index in [1.807, 2.05) is 30.3 Å². The van der Waals surface area contributed by atoms with Crippen LogP contribution in [0.15, 0.2) is 65.7 Å². The van der Waals surface area contributed by atoms with Crippen LogP contribution in [0, 0.1) is 0 Å². The summed E-state index contributed by atoms with van der Waals surface area (Å²) in [7, 11) is 0. The molecule has 0 saturated heterocycles. The Morgan fingerprint density at radius 3 is 2.23 bits per heavy atom. The van der Waals surface area contributed by atoms with E-state index >= 15 is 0 Å². The smallest absolute Gasteiger partial charge is 0.267 e. The van der Waals surface area contributed by atoms with Crippen molar-refractivity contribution in [3.05, 3.63) is 86.5 Å². The highest BCUT2D eigenvalue weighted by Crippen LogP contribution is 2.36. The second-order valence-electron chi connectivity index (χ2n) is 5.57. The monoisotopic (exact) mass is 401 g/mol. The Kier molecular flexibility index (Phi) is 4.41. The maximum Gasteiger partial charge on any atom is 0.281 e. The van der Waals surface area contributed by atoms with Crippen molar-refractivity contribution in [3.63, 3.8) is 0 Å². The van der Waals surface area contributed by atoms with Gasteiger partial charge in [-0.15, -0.1) is 0 Å². The van der Waals surface area contributed by atoms with Crippen molar-refractivity contribution in [1.82, 2.24) is 14.6 Å². The lowest BCUT2D eigenvalue weighted by Gasteiger charge is -2.12. The SMILES string of the molecule is O=c1ncn2nc(Cl)c(-c3ccccc3)cc2c1-c1c(Cl)cccc1Cl. The third-order valence-electron chi connectivity index (χ3n) is 4.00. The van der Waals surface area contributed by atoms with Crippen molar-refractivity contribution in [2.45, 2.75) is 0 Å². The number of hydrogen-bond donors (Lipinski definition) is 0. The second kappa shape index (κ2) is 6.72. The van der Waals surface area contributed by atoms with E-state index in [-0.39, 0.29) is 5.56 Å². The van der Waals surface area contributed by atoms with Gasteiger partial charge in [0, 0.05) is 11.1 Å². The zero-order valence-electron chi connectivity index (χ0n) is 13.2. The molecule has 0 bridgehead atoms. The van der Waals surface area contributed by atoms with Gasteiger partial charge in [0.1, 0.15) is 6.33 Å². The molecule has 0 aliphatic heterocycles. The molecule has 4 rings (SSSR count). The molecule has 4 aromatic rings. The minimum atomic E-state index is -0.442. The molecule has 2 aromatic carbocycles. The predicted molar refractivity (Wildman–Crippen MR) is 105 cm³/mol. The van der Waals surface area contributed by atoms with Crippen molar-refractivity contribution in [2.24, 2.45) is 0 Å². The van der Waals surface area contributed by atoms with E-state index in [1.54, 1.807) is 24.3 Å². The number of nitrogens with zero attached hydrogens (tertiary/aromatic N) is 3. The van der Waals surface area contributed by atoms with E-state index < -0.39 is 5.56 Å². The van der Waals surface area contributed by atoms with Crippen molar-refractivity contribution in [3.8, 4) is 22.3 Å². The molecule has 0 unspecified atom stereocenters. The van der Waals surface area contributed by atoms with Crippen LogP contribution in [-0.2, 0) is 0 Å². The van der Waals surface area contributed by atoms with Gasteiger partial charge < -0.3 is 0 Å². The van der Waals surface area contributed by atoms with Crippen LogP contribution in [0.2, 0.25) is 15.2 Å². The third-order valence-corrected chi connectivity index (χ3v) is 4.91. The molecular formula is C19H10Cl3N3O. The van der Waals surface area contributed by atoms with Crippen LogP contribution in [-0.4, -0.2) is 14.6 Å². The Morgan fingerprint density at radius 1 is 0.846 bits per heavy atom. The summed E-state index contributed by atoms with van der Waals surface area (Å²) in [5.41, 5.74) is 2.36. The van der Waals surface area contributed by atoms with Crippen LogP contribution in [0.25, 0.3) is 27.8 Å². The van der Waals surface area contributed by atoms with Gasteiger partial charge in [-0.25, -0.2) is 4.52 Å². The summed E-state index contributed by atoms with van der Waals surface area (Å²) < 4.78 is 1.45. The highest BCUT2D eigenvalue weighted by atomic mass is 35.5. The number of benzene rings is 2. The molecule has 0 saturated carbocycles. The van der Waals surface area contributed by atoms with E-state index in [0.29, 0.717) is 31.8 Å². The quantitative estimate of drug-likeness (QED) is 0.452. The molecule has 26 heavy (non-hydrogen) atoms. The minimum Gasteiger partial charge on any atom is -0.267 e. The topological polar surface area (TPSA) is 47.3 Å². The molecule has 0 atom stereocenters. The zero-order chi connectivity index (χ0) is 18.3. The standard InChI is InChI=1S/C19H10Cl3N3O/c20-13-7-4-8-14(21)16(13)17-15-9-12(11-5-2-1-3-6-11)18(22)24-25(15)10-23-19(17)26/h1-10H. The molecule has 0 amide bonds. The summed E-state index contributed by atoms with van der Waals surface area (Å²) in [5, 5.41) is 5.35. The van der Waals surface area contributed by atoms with Crippen LogP contribution in [0.3, 0.4) is 0 Å². The Hall–Kier alpha value is -2.40. The van der Waals surface area contributed by atoms with E-state index in [9.17, 15) is 4.79 Å². The summed E-state index contributed by atoms with van der Waals surface area (Å²) in [5.74, 6) is 0. The summed E-state index contributed by atoms with van der Waals surface area (Å²) in [4.78, 5) is 16.4. The van der Waals surface area contributed by atoms with Crippen LogP contribution < -0.4 is 5.56 Å². The van der Waals surface area contributed by atoms with E-state index in [2.05, 4.69) is 10.1 Å². The van der Waals surface area contributed by atoms with Crippen molar-refractivity contribution in [2.75, 3.05) is 0 Å². The lowest BCUT2D eigenvalue weighted by atomic mass is 10.0. The molecule has 0 N–H and O–H groups in total. The Morgan fingerprint density at radius 2 is 1.54 bits per heavy atom. The second-order valence-corrected chi connectivity index (χ2v) is 6.74. The Labute approximate surface area is 163 Å². The molecule has 128 valence electrons. The van der Waals surface area contributed by atoms with Gasteiger partial charge in [-0.2, -0.15) is 10.1 Å². The maximum atomic E-state index is 12.6. The average molecular weight is 403 g/mol. The van der Waals surface area contributed by atoms with Gasteiger partial charge in [0.05, 0.1) is 21.1 Å². The highest BCUT2D eigenvalue weighted by molar-refractivity contribution is 6.39. The number of halogens is 3. The van der Waals surface area contributed by atoms with Crippen LogP contribution in [0.4, 0.5) is 0 Å². The van der Waals surface area contributed by atoms with Gasteiger partial charge in [-0.1, -0.05) is 71.2 Å². The molecule has 2 aromatic heterocycles. The molecule has 4 nitrogen and oxygen atoms in total. The number of hydrogen-bond acceptors (Lipinski definition) is 3. The van der Waals surface area contributed by atoms with Crippen molar-refractivity contribution >= 4 is 40.3 Å². The average Bonchev–Trinajstić information content (AvgIpc) is 2.64. The number of aromatic nitrogens is 3. The van der Waals surface area contributed by atoms with Gasteiger partial charge in [0.2, 0.25) is 0 Å². The van der Waals surface area contributed by atoms with Crippen LogP contribution in [0.5, 0.6) is 0 Å². The lowest BCUT2D eigenvalue weighted by Crippen LogP contribution is -2.14. The molecular weight excluding hydrogens is 393 g/mol. The largest absolute Gasteiger partial charge is 0.281 e. The predicted octanol–water partition coefficient (Wildman–Crippen LogP) is 5.38. The molecule has 0 radical (unpaired) electrons. The molecule has 0 spiro atoms. The summed E-state index contributed by atoms with van der Waals surface area (Å²) in [6, 6.07) is 16.4. The maximum absolute atomic E-state index is 12.6. The number of rotatable bonds is 2. The zero-order valence-corrected chi connectivity index (χ0v) is 15.4. The summed E-state index contributed by atoms with van der Waals surface area (Å²) in [6.07, 6.45) is 1.33. The fourth-order valence-electron chi connectivity index (χ4n) is 2.81. The lowest BCUT2D eigenvalue weighted by molar-refractivity contribution is 0.885. The molecule has 2 heterocycles. The minimum absolute atomic E-state index is 0.282. The number of fused-ring (bicyclic) bond motifs is 1. The van der Waals surface area contributed by atoms with Crippen LogP contribution in [0.1, 0.15) is 0 Å². The Bertz CT molecular complexity index is 1170. The molecule has 7 heteroatoms. The van der Waals surface area contributed by atoms with Gasteiger partial charge in [0.25, 0.3) is 5.56 Å². The molecule has 0 aliphatic rings. The first kappa shape index (κ1) is 17.0. The first-order valence-electron chi connectivity index (χ1n) is 7.64. The summed E-state index contributed by atoms with van der Waals surface area (Å²) in [6.45, 7) is 0. The molecule has 0 fully saturated rings. The summed E-state index contributed by atoms with van der Waals surface area (Å²) >= 11 is 19.0. The van der Waals surface area contributed by atoms with E-state index in [1.165, 1.54) is 10.8 Å². The van der Waals surface area contributed by atoms with Gasteiger partial charge in [0.15, 0.2) is 5.15 Å². The van der Waals surface area contributed by atoms with E-state index in [0.717, 1.165) is 5.56 Å². The van der Waals surface area contributed by atoms with Crippen LogP contribution >= 0.6 is 34.8 Å². The highest BCUT2D eigenvalue weighted by Gasteiger charge is 2.18. The normalized spacial score (nSPS) is 11.0. The van der Waals surface area contributed by atoms with E-state index in [4.69, 9.17) is 34.8 Å². The first-order chi connectivity index (χ1) is 12.6. The van der Waals surface area contributed by atoms with Gasteiger partial charge in [-0.3, -0.25) is 4.79 Å². The van der Waals surface area contributed by atoms with Crippen molar-refractivity contribution in [1.29, 1.82) is 0 Å². The molecule has 0 aliphatic carbocycles. The Balaban J connectivity index is 2.11. The fraction of sp³-hybridized carbons (Fsp3) is 0. The van der Waals surface area contributed by atoms with Gasteiger partial charge in [-0.05, 0) is 23.8 Å².